The van der Waals surface area contributed by atoms with Crippen LogP contribution < -0.4 is 11.1 Å². The fourth-order valence-corrected chi connectivity index (χ4v) is 2.85. The zero-order valence-corrected chi connectivity index (χ0v) is 11.3. The summed E-state index contributed by atoms with van der Waals surface area (Å²) in [6.45, 7) is 2.83. The lowest BCUT2D eigenvalue weighted by atomic mass is 9.98. The van der Waals surface area contributed by atoms with Crippen molar-refractivity contribution in [3.8, 4) is 0 Å². The number of amides is 2. The van der Waals surface area contributed by atoms with Crippen LogP contribution in [0.15, 0.2) is 0 Å². The molecule has 108 valence electrons. The Morgan fingerprint density at radius 2 is 2.16 bits per heavy atom. The lowest BCUT2D eigenvalue weighted by Crippen LogP contribution is -2.49. The second-order valence-corrected chi connectivity index (χ2v) is 5.34. The molecule has 2 rings (SSSR count). The van der Waals surface area contributed by atoms with Gasteiger partial charge < -0.3 is 20.7 Å². The SMILES string of the molecule is NC(=O)CC1CCCCN1C(=O)CC1COCCN1. The number of likely N-dealkylation sites (tertiary alicyclic amines) is 1. The number of primary amides is 1. The summed E-state index contributed by atoms with van der Waals surface area (Å²) < 4.78 is 5.35. The number of nitrogens with zero attached hydrogens (tertiary/aromatic N) is 1. The Kier molecular flexibility index (Phi) is 5.15. The van der Waals surface area contributed by atoms with Gasteiger partial charge in [-0.2, -0.15) is 0 Å². The molecule has 0 aromatic rings. The van der Waals surface area contributed by atoms with Crippen molar-refractivity contribution in [2.45, 2.75) is 44.2 Å². The number of nitrogens with one attached hydrogen (secondary N) is 1. The molecule has 2 fully saturated rings. The molecule has 3 N–H and O–H groups in total. The van der Waals surface area contributed by atoms with Crippen LogP contribution in [0.3, 0.4) is 0 Å². The van der Waals surface area contributed by atoms with Gasteiger partial charge in [-0.15, -0.1) is 0 Å². The summed E-state index contributed by atoms with van der Waals surface area (Å²) in [4.78, 5) is 25.3. The van der Waals surface area contributed by atoms with Gasteiger partial charge in [-0.3, -0.25) is 9.59 Å². The van der Waals surface area contributed by atoms with Crippen LogP contribution in [0.1, 0.15) is 32.1 Å². The maximum absolute atomic E-state index is 12.3. The van der Waals surface area contributed by atoms with Crippen molar-refractivity contribution in [2.24, 2.45) is 5.73 Å². The zero-order valence-electron chi connectivity index (χ0n) is 11.3. The topological polar surface area (TPSA) is 84.7 Å². The van der Waals surface area contributed by atoms with Crippen LogP contribution in [-0.2, 0) is 14.3 Å². The molecular weight excluding hydrogens is 246 g/mol. The molecule has 0 spiro atoms. The van der Waals surface area contributed by atoms with Gasteiger partial charge in [0.2, 0.25) is 11.8 Å². The van der Waals surface area contributed by atoms with Gasteiger partial charge in [-0.25, -0.2) is 0 Å². The fraction of sp³-hybridized carbons (Fsp3) is 0.846. The minimum absolute atomic E-state index is 0.0109. The summed E-state index contributed by atoms with van der Waals surface area (Å²) in [6, 6.07) is 0.0839. The lowest BCUT2D eigenvalue weighted by molar-refractivity contribution is -0.137. The number of piperidine rings is 1. The Hall–Kier alpha value is -1.14. The summed E-state index contributed by atoms with van der Waals surface area (Å²) in [5.74, 6) is -0.224. The third-order valence-corrected chi connectivity index (χ3v) is 3.80. The average molecular weight is 269 g/mol. The van der Waals surface area contributed by atoms with E-state index < -0.39 is 0 Å². The molecule has 0 saturated carbocycles. The van der Waals surface area contributed by atoms with Crippen molar-refractivity contribution in [3.63, 3.8) is 0 Å². The Bertz CT molecular complexity index is 329. The van der Waals surface area contributed by atoms with Crippen LogP contribution >= 0.6 is 0 Å². The van der Waals surface area contributed by atoms with E-state index in [-0.39, 0.29) is 30.3 Å². The highest BCUT2D eigenvalue weighted by molar-refractivity contribution is 5.79. The van der Waals surface area contributed by atoms with Crippen molar-refractivity contribution >= 4 is 11.8 Å². The highest BCUT2D eigenvalue weighted by Crippen LogP contribution is 2.21. The van der Waals surface area contributed by atoms with Gasteiger partial charge in [-0.1, -0.05) is 0 Å². The molecule has 6 nitrogen and oxygen atoms in total. The number of carbonyl (C=O) groups excluding carboxylic acids is 2. The van der Waals surface area contributed by atoms with Crippen LogP contribution in [0.25, 0.3) is 0 Å². The Labute approximate surface area is 113 Å². The van der Waals surface area contributed by atoms with Gasteiger partial charge >= 0.3 is 0 Å². The molecule has 2 atom stereocenters. The quantitative estimate of drug-likeness (QED) is 0.728. The summed E-state index contributed by atoms with van der Waals surface area (Å²) in [6.07, 6.45) is 3.67. The van der Waals surface area contributed by atoms with Crippen molar-refractivity contribution in [3.05, 3.63) is 0 Å². The van der Waals surface area contributed by atoms with Crippen molar-refractivity contribution in [1.82, 2.24) is 10.2 Å². The largest absolute Gasteiger partial charge is 0.378 e. The van der Waals surface area contributed by atoms with E-state index in [0.29, 0.717) is 19.6 Å². The first-order chi connectivity index (χ1) is 9.16. The molecule has 0 radical (unpaired) electrons. The fourth-order valence-electron chi connectivity index (χ4n) is 2.85. The summed E-state index contributed by atoms with van der Waals surface area (Å²) in [7, 11) is 0. The number of carbonyl (C=O) groups is 2. The summed E-state index contributed by atoms with van der Waals surface area (Å²) in [5.41, 5.74) is 5.26. The third kappa shape index (κ3) is 4.18. The molecule has 2 aliphatic rings. The van der Waals surface area contributed by atoms with Gasteiger partial charge in [0.05, 0.1) is 13.2 Å². The number of morpholine rings is 1. The van der Waals surface area contributed by atoms with E-state index in [2.05, 4.69) is 5.32 Å². The van der Waals surface area contributed by atoms with Gasteiger partial charge in [0, 0.05) is 38.0 Å². The number of hydrogen-bond donors (Lipinski definition) is 2. The Morgan fingerprint density at radius 3 is 2.84 bits per heavy atom. The second-order valence-electron chi connectivity index (χ2n) is 5.34. The first kappa shape index (κ1) is 14.3. The molecule has 2 heterocycles. The third-order valence-electron chi connectivity index (χ3n) is 3.80. The van der Waals surface area contributed by atoms with Gasteiger partial charge in [-0.05, 0) is 19.3 Å². The maximum atomic E-state index is 12.3. The molecule has 19 heavy (non-hydrogen) atoms. The lowest BCUT2D eigenvalue weighted by Gasteiger charge is -2.36. The van der Waals surface area contributed by atoms with E-state index in [1.165, 1.54) is 0 Å². The van der Waals surface area contributed by atoms with Crippen molar-refractivity contribution < 1.29 is 14.3 Å². The molecular formula is C13H23N3O3. The molecule has 2 unspecified atom stereocenters. The van der Waals surface area contributed by atoms with Crippen molar-refractivity contribution in [2.75, 3.05) is 26.3 Å². The van der Waals surface area contributed by atoms with Crippen LogP contribution in [-0.4, -0.2) is 55.1 Å². The minimum atomic E-state index is -0.330. The van der Waals surface area contributed by atoms with E-state index in [1.54, 1.807) is 0 Å². The molecule has 0 aromatic heterocycles. The highest BCUT2D eigenvalue weighted by atomic mass is 16.5. The number of ether oxygens (including phenoxy) is 1. The van der Waals surface area contributed by atoms with Crippen LogP contribution in [0.4, 0.5) is 0 Å². The minimum Gasteiger partial charge on any atom is -0.378 e. The molecule has 2 saturated heterocycles. The molecule has 6 heteroatoms. The molecule has 0 bridgehead atoms. The van der Waals surface area contributed by atoms with Gasteiger partial charge in [0.15, 0.2) is 0 Å². The number of hydrogen-bond acceptors (Lipinski definition) is 4. The number of nitrogens with two attached hydrogens (primary N) is 1. The Morgan fingerprint density at radius 1 is 1.32 bits per heavy atom. The second kappa shape index (κ2) is 6.86. The summed E-state index contributed by atoms with van der Waals surface area (Å²) >= 11 is 0. The van der Waals surface area contributed by atoms with E-state index >= 15 is 0 Å². The molecule has 0 aromatic carbocycles. The van der Waals surface area contributed by atoms with E-state index in [4.69, 9.17) is 10.5 Å². The first-order valence-electron chi connectivity index (χ1n) is 7.05. The van der Waals surface area contributed by atoms with E-state index in [9.17, 15) is 9.59 Å². The zero-order chi connectivity index (χ0) is 13.7. The van der Waals surface area contributed by atoms with Crippen LogP contribution in [0.2, 0.25) is 0 Å². The van der Waals surface area contributed by atoms with E-state index in [1.807, 2.05) is 4.90 Å². The predicted octanol–water partition coefficient (Wildman–Crippen LogP) is -0.379. The number of rotatable bonds is 4. The maximum Gasteiger partial charge on any atom is 0.224 e. The van der Waals surface area contributed by atoms with Gasteiger partial charge in [0.25, 0.3) is 0 Å². The average Bonchev–Trinajstić information content (AvgIpc) is 2.39. The normalized spacial score (nSPS) is 28.1. The summed E-state index contributed by atoms with van der Waals surface area (Å²) in [5, 5.41) is 3.28. The van der Waals surface area contributed by atoms with Gasteiger partial charge in [0.1, 0.15) is 0 Å². The first-order valence-corrected chi connectivity index (χ1v) is 7.05. The standard InChI is InChI=1S/C13H23N3O3/c14-12(17)8-11-3-1-2-5-16(11)13(18)7-10-9-19-6-4-15-10/h10-11,15H,1-9H2,(H2,14,17). The predicted molar refractivity (Wildman–Crippen MR) is 70.4 cm³/mol. The Balaban J connectivity index is 1.88. The molecule has 2 aliphatic heterocycles. The van der Waals surface area contributed by atoms with Crippen LogP contribution in [0, 0.1) is 0 Å². The van der Waals surface area contributed by atoms with Crippen molar-refractivity contribution in [1.29, 1.82) is 0 Å². The van der Waals surface area contributed by atoms with E-state index in [0.717, 1.165) is 32.4 Å². The monoisotopic (exact) mass is 269 g/mol. The highest BCUT2D eigenvalue weighted by Gasteiger charge is 2.29. The van der Waals surface area contributed by atoms with Crippen LogP contribution in [0.5, 0.6) is 0 Å². The smallest absolute Gasteiger partial charge is 0.224 e. The molecule has 0 aliphatic carbocycles. The molecule has 2 amide bonds.